The summed E-state index contributed by atoms with van der Waals surface area (Å²) in [5.74, 6) is 0.371. The molecular formula is C8H11ClO3S. The fraction of sp³-hybridized carbons (Fsp3) is 0.875. The molecule has 3 nitrogen and oxygen atoms in total. The molecule has 0 aromatic carbocycles. The molecule has 2 bridgehead atoms. The number of halogens is 1. The van der Waals surface area contributed by atoms with Gasteiger partial charge in [0.1, 0.15) is 5.78 Å². The van der Waals surface area contributed by atoms with Crippen molar-refractivity contribution in [1.29, 1.82) is 0 Å². The molecule has 2 aliphatic rings. The molecule has 2 aliphatic carbocycles. The highest BCUT2D eigenvalue weighted by molar-refractivity contribution is 8.13. The lowest BCUT2D eigenvalue weighted by molar-refractivity contribution is -0.125. The van der Waals surface area contributed by atoms with Gasteiger partial charge in [0, 0.05) is 22.5 Å². The average molecular weight is 223 g/mol. The smallest absolute Gasteiger partial charge is 0.233 e. The van der Waals surface area contributed by atoms with Crippen LogP contribution in [-0.4, -0.2) is 20.0 Å². The second-order valence-electron chi connectivity index (χ2n) is 4.20. The summed E-state index contributed by atoms with van der Waals surface area (Å²) in [5.41, 5.74) is -0.606. The lowest BCUT2D eigenvalue weighted by atomic mass is 9.85. The fourth-order valence-electron chi connectivity index (χ4n) is 2.68. The first-order valence-electron chi connectivity index (χ1n) is 4.37. The van der Waals surface area contributed by atoms with E-state index in [-0.39, 0.29) is 11.5 Å². The van der Waals surface area contributed by atoms with Crippen molar-refractivity contribution >= 4 is 25.5 Å². The van der Waals surface area contributed by atoms with Crippen LogP contribution in [0.5, 0.6) is 0 Å². The number of ketones is 1. The lowest BCUT2D eigenvalue weighted by Crippen LogP contribution is -2.31. The summed E-state index contributed by atoms with van der Waals surface area (Å²) in [6, 6.07) is 0. The van der Waals surface area contributed by atoms with Crippen LogP contribution in [0.2, 0.25) is 0 Å². The van der Waals surface area contributed by atoms with Crippen molar-refractivity contribution in [3.05, 3.63) is 0 Å². The highest BCUT2D eigenvalue weighted by Crippen LogP contribution is 2.52. The minimum atomic E-state index is -3.53. The Balaban J connectivity index is 2.25. The number of fused-ring (bicyclic) bond motifs is 2. The third-order valence-corrected chi connectivity index (χ3v) is 4.45. The Morgan fingerprint density at radius 1 is 1.54 bits per heavy atom. The van der Waals surface area contributed by atoms with Crippen molar-refractivity contribution in [1.82, 2.24) is 0 Å². The SMILES string of the molecule is O=C1CC2CCC1(CS(=O)(=O)Cl)C2. The van der Waals surface area contributed by atoms with Crippen LogP contribution in [0.3, 0.4) is 0 Å². The monoisotopic (exact) mass is 222 g/mol. The molecule has 0 aliphatic heterocycles. The largest absolute Gasteiger partial charge is 0.299 e. The molecule has 0 amide bonds. The van der Waals surface area contributed by atoms with Crippen LogP contribution in [0.1, 0.15) is 25.7 Å². The maximum Gasteiger partial charge on any atom is 0.233 e. The summed E-state index contributed by atoms with van der Waals surface area (Å²) in [6.07, 6.45) is 2.99. The normalized spacial score (nSPS) is 38.5. The van der Waals surface area contributed by atoms with Gasteiger partial charge in [0.15, 0.2) is 0 Å². The molecule has 2 unspecified atom stereocenters. The molecule has 0 spiro atoms. The van der Waals surface area contributed by atoms with Gasteiger partial charge in [0.2, 0.25) is 9.05 Å². The molecule has 0 aromatic rings. The van der Waals surface area contributed by atoms with Gasteiger partial charge in [-0.3, -0.25) is 4.79 Å². The van der Waals surface area contributed by atoms with Crippen LogP contribution in [0.15, 0.2) is 0 Å². The minimum absolute atomic E-state index is 0.105. The summed E-state index contributed by atoms with van der Waals surface area (Å²) in [7, 11) is 1.65. The van der Waals surface area contributed by atoms with Crippen molar-refractivity contribution in [2.24, 2.45) is 11.3 Å². The number of rotatable bonds is 2. The van der Waals surface area contributed by atoms with Gasteiger partial charge in [-0.05, 0) is 25.2 Å². The van der Waals surface area contributed by atoms with E-state index in [0.717, 1.165) is 12.8 Å². The Morgan fingerprint density at radius 2 is 2.23 bits per heavy atom. The molecule has 74 valence electrons. The summed E-state index contributed by atoms with van der Waals surface area (Å²) >= 11 is 0. The number of hydrogen-bond acceptors (Lipinski definition) is 3. The Labute approximate surface area is 81.9 Å². The molecule has 0 aromatic heterocycles. The Kier molecular flexibility index (Phi) is 1.97. The quantitative estimate of drug-likeness (QED) is 0.662. The molecule has 2 rings (SSSR count). The predicted octanol–water partition coefficient (Wildman–Crippen LogP) is 1.31. The van der Waals surface area contributed by atoms with E-state index >= 15 is 0 Å². The number of carbonyl (C=O) groups is 1. The van der Waals surface area contributed by atoms with E-state index in [2.05, 4.69) is 0 Å². The maximum atomic E-state index is 11.5. The van der Waals surface area contributed by atoms with Crippen LogP contribution in [0, 0.1) is 11.3 Å². The van der Waals surface area contributed by atoms with Gasteiger partial charge in [-0.25, -0.2) is 8.42 Å². The van der Waals surface area contributed by atoms with E-state index in [0.29, 0.717) is 18.8 Å². The molecule has 0 saturated heterocycles. The topological polar surface area (TPSA) is 51.2 Å². The molecule has 0 N–H and O–H groups in total. The van der Waals surface area contributed by atoms with E-state index in [1.54, 1.807) is 0 Å². The van der Waals surface area contributed by atoms with Gasteiger partial charge in [0.05, 0.1) is 5.75 Å². The first kappa shape index (κ1) is 9.46. The van der Waals surface area contributed by atoms with Gasteiger partial charge >= 0.3 is 0 Å². The first-order chi connectivity index (χ1) is 5.91. The zero-order valence-electron chi connectivity index (χ0n) is 7.12. The van der Waals surface area contributed by atoms with Gasteiger partial charge < -0.3 is 0 Å². The summed E-state index contributed by atoms with van der Waals surface area (Å²) in [4.78, 5) is 11.5. The van der Waals surface area contributed by atoms with Crippen LogP contribution >= 0.6 is 10.7 Å². The van der Waals surface area contributed by atoms with Crippen LogP contribution in [-0.2, 0) is 13.8 Å². The molecule has 2 atom stereocenters. The van der Waals surface area contributed by atoms with Crippen molar-refractivity contribution < 1.29 is 13.2 Å². The Hall–Kier alpha value is -0.0900. The Morgan fingerprint density at radius 3 is 2.62 bits per heavy atom. The molecule has 2 fully saturated rings. The zero-order valence-corrected chi connectivity index (χ0v) is 8.70. The van der Waals surface area contributed by atoms with Gasteiger partial charge in [-0.2, -0.15) is 0 Å². The average Bonchev–Trinajstić information content (AvgIpc) is 2.39. The molecule has 0 radical (unpaired) electrons. The molecule has 5 heteroatoms. The number of carbonyl (C=O) groups excluding carboxylic acids is 1. The van der Waals surface area contributed by atoms with E-state index in [1.165, 1.54) is 0 Å². The zero-order chi connectivity index (χ0) is 9.69. The molecular weight excluding hydrogens is 212 g/mol. The third-order valence-electron chi connectivity index (χ3n) is 3.22. The van der Waals surface area contributed by atoms with E-state index in [4.69, 9.17) is 10.7 Å². The van der Waals surface area contributed by atoms with Gasteiger partial charge in [-0.15, -0.1) is 0 Å². The first-order valence-corrected chi connectivity index (χ1v) is 6.85. The highest BCUT2D eigenvalue weighted by atomic mass is 35.7. The third kappa shape index (κ3) is 1.62. The van der Waals surface area contributed by atoms with Crippen LogP contribution < -0.4 is 0 Å². The van der Waals surface area contributed by atoms with Crippen molar-refractivity contribution in [3.63, 3.8) is 0 Å². The van der Waals surface area contributed by atoms with E-state index < -0.39 is 14.5 Å². The summed E-state index contributed by atoms with van der Waals surface area (Å²) in [6.45, 7) is 0. The van der Waals surface area contributed by atoms with Crippen LogP contribution in [0.25, 0.3) is 0 Å². The molecule has 2 saturated carbocycles. The standard InChI is InChI=1S/C8H11ClO3S/c9-13(11,12)5-8-2-1-6(4-8)3-7(8)10/h6H,1-5H2. The second kappa shape index (κ2) is 2.70. The molecule has 13 heavy (non-hydrogen) atoms. The minimum Gasteiger partial charge on any atom is -0.299 e. The van der Waals surface area contributed by atoms with E-state index in [9.17, 15) is 13.2 Å². The predicted molar refractivity (Wildman–Crippen MR) is 49.0 cm³/mol. The van der Waals surface area contributed by atoms with Crippen molar-refractivity contribution in [2.75, 3.05) is 5.75 Å². The lowest BCUT2D eigenvalue weighted by Gasteiger charge is -2.22. The molecule has 0 heterocycles. The fourth-order valence-corrected chi connectivity index (χ4v) is 4.39. The highest BCUT2D eigenvalue weighted by Gasteiger charge is 2.53. The van der Waals surface area contributed by atoms with Crippen molar-refractivity contribution in [2.45, 2.75) is 25.7 Å². The Bertz CT molecular complexity index is 348. The number of Topliss-reactive ketones (excluding diaryl/α,β-unsaturated/α-hetero) is 1. The second-order valence-corrected chi connectivity index (χ2v) is 6.98. The van der Waals surface area contributed by atoms with Gasteiger partial charge in [0.25, 0.3) is 0 Å². The van der Waals surface area contributed by atoms with Gasteiger partial charge in [-0.1, -0.05) is 0 Å². The maximum absolute atomic E-state index is 11.5. The summed E-state index contributed by atoms with van der Waals surface area (Å²) < 4.78 is 21.9. The van der Waals surface area contributed by atoms with Crippen molar-refractivity contribution in [3.8, 4) is 0 Å². The van der Waals surface area contributed by atoms with E-state index in [1.807, 2.05) is 0 Å². The van der Waals surface area contributed by atoms with Crippen LogP contribution in [0.4, 0.5) is 0 Å². The summed E-state index contributed by atoms with van der Waals surface area (Å²) in [5, 5.41) is 0. The number of hydrogen-bond donors (Lipinski definition) is 0.